The van der Waals surface area contributed by atoms with Gasteiger partial charge in [0, 0.05) is 0 Å². The van der Waals surface area contributed by atoms with Crippen molar-refractivity contribution >= 4 is 41.8 Å². The fourth-order valence-corrected chi connectivity index (χ4v) is 4.33. The van der Waals surface area contributed by atoms with Crippen molar-refractivity contribution in [1.82, 2.24) is 0 Å². The Hall–Kier alpha value is -3.60. The number of benzene rings is 3. The van der Waals surface area contributed by atoms with Gasteiger partial charge in [0.2, 0.25) is 10.9 Å². The number of phenolic OH excluding ortho intramolecular Hbond substituents is 4. The van der Waals surface area contributed by atoms with Crippen LogP contribution in [0, 0.1) is 0 Å². The molecule has 0 bridgehead atoms. The molecule has 0 saturated carbocycles. The van der Waals surface area contributed by atoms with Crippen molar-refractivity contribution in [3.05, 3.63) is 40.9 Å². The van der Waals surface area contributed by atoms with Gasteiger partial charge in [0.05, 0.1) is 21.5 Å². The molecule has 0 fully saturated rings. The zero-order valence-corrected chi connectivity index (χ0v) is 15.4. The number of fused-ring (bicyclic) bond motifs is 2. The molecule has 3 rings (SSSR count). The summed E-state index contributed by atoms with van der Waals surface area (Å²) in [7, 11) is -11.1. The molecule has 0 aromatic heterocycles. The molecule has 6 N–H and O–H groups in total. The summed E-state index contributed by atoms with van der Waals surface area (Å²) in [6.07, 6.45) is 0. The van der Waals surface area contributed by atoms with E-state index in [1.54, 1.807) is 0 Å². The highest BCUT2D eigenvalue weighted by Gasteiger charge is 2.34. The Morgan fingerprint density at radius 3 is 0.933 bits per heavy atom. The van der Waals surface area contributed by atoms with Crippen molar-refractivity contribution in [2.45, 2.75) is 9.79 Å². The van der Waals surface area contributed by atoms with Gasteiger partial charge in [-0.3, -0.25) is 28.3 Å². The first kappa shape index (κ1) is 21.1. The van der Waals surface area contributed by atoms with E-state index < -0.39 is 96.3 Å². The van der Waals surface area contributed by atoms with Gasteiger partial charge in [-0.25, -0.2) is 0 Å². The normalized spacial score (nSPS) is 12.6. The Bertz CT molecular complexity index is 1610. The lowest BCUT2D eigenvalue weighted by atomic mass is 9.98. The summed E-state index contributed by atoms with van der Waals surface area (Å²) in [5.41, 5.74) is -8.10. The summed E-state index contributed by atoms with van der Waals surface area (Å²) in [5.74, 6) is -6.79. The molecule has 0 saturated heterocycles. The summed E-state index contributed by atoms with van der Waals surface area (Å²) >= 11 is 0. The molecule has 0 heterocycles. The molecule has 0 aliphatic rings. The van der Waals surface area contributed by atoms with Gasteiger partial charge in [-0.2, -0.15) is 16.8 Å². The third kappa shape index (κ3) is 2.55. The van der Waals surface area contributed by atoms with Gasteiger partial charge in [-0.05, 0) is 0 Å². The first-order valence-corrected chi connectivity index (χ1v) is 10.0. The summed E-state index contributed by atoms with van der Waals surface area (Å²) in [6, 6.07) is 0. The minimum absolute atomic E-state index is 1.37. The Balaban J connectivity index is 2.93. The summed E-state index contributed by atoms with van der Waals surface area (Å²) in [5, 5.41) is 35.2. The Kier molecular flexibility index (Phi) is 4.19. The minimum Gasteiger partial charge on any atom is -0.506 e. The van der Waals surface area contributed by atoms with E-state index in [-0.39, 0.29) is 0 Å². The van der Waals surface area contributed by atoms with Crippen molar-refractivity contribution < 1.29 is 46.4 Å². The summed E-state index contributed by atoms with van der Waals surface area (Å²) < 4.78 is 63.4. The van der Waals surface area contributed by atoms with Gasteiger partial charge in [-0.1, -0.05) is 0 Å². The maximum atomic E-state index is 12.3. The molecule has 0 aliphatic carbocycles. The molecular weight excluding hydrogens is 456 g/mol. The number of aromatic hydroxyl groups is 4. The van der Waals surface area contributed by atoms with Crippen LogP contribution in [0.1, 0.15) is 0 Å². The third-order valence-electron chi connectivity index (χ3n) is 4.15. The van der Waals surface area contributed by atoms with Gasteiger partial charge in [-0.15, -0.1) is 0 Å². The van der Waals surface area contributed by atoms with Crippen molar-refractivity contribution in [1.29, 1.82) is 0 Å². The van der Waals surface area contributed by atoms with Crippen LogP contribution in [0.15, 0.2) is 29.0 Å². The van der Waals surface area contributed by atoms with E-state index in [9.17, 15) is 56.4 Å². The zero-order chi connectivity index (χ0) is 23.1. The monoisotopic (exact) mass is 462 g/mol. The highest BCUT2D eigenvalue weighted by molar-refractivity contribution is 7.86. The second kappa shape index (κ2) is 5.95. The van der Waals surface area contributed by atoms with Crippen molar-refractivity contribution in [2.75, 3.05) is 0 Å². The second-order valence-electron chi connectivity index (χ2n) is 5.82. The van der Waals surface area contributed by atoms with E-state index in [0.29, 0.717) is 0 Å². The van der Waals surface area contributed by atoms with Crippen LogP contribution in [-0.2, 0) is 20.2 Å². The quantitative estimate of drug-likeness (QED) is 0.101. The van der Waals surface area contributed by atoms with Crippen molar-refractivity contribution in [2.24, 2.45) is 0 Å². The Morgan fingerprint density at radius 1 is 0.433 bits per heavy atom. The van der Waals surface area contributed by atoms with E-state index >= 15 is 0 Å². The van der Waals surface area contributed by atoms with E-state index in [0.717, 1.165) is 0 Å². The standard InChI is InChI=1S/C14H6O14S2/c15-5-1-3(9(19)13(29(23,24)25)11(21)7(1)17)6(16)2-4(5)10(20)14(30(26,27)28)12(22)8(2)18/h15-16,19-20H,(H,23,24,25)(H,26,27,28). The lowest BCUT2D eigenvalue weighted by Gasteiger charge is -2.12. The van der Waals surface area contributed by atoms with Crippen LogP contribution in [-0.4, -0.2) is 46.4 Å². The lowest BCUT2D eigenvalue weighted by Crippen LogP contribution is -2.31. The third-order valence-corrected chi connectivity index (χ3v) is 5.94. The maximum absolute atomic E-state index is 12.3. The molecule has 158 valence electrons. The number of hydrogen-bond acceptors (Lipinski definition) is 12. The topological polar surface area (TPSA) is 258 Å². The van der Waals surface area contributed by atoms with Gasteiger partial charge < -0.3 is 20.4 Å². The molecule has 0 atom stereocenters. The number of phenols is 4. The van der Waals surface area contributed by atoms with Crippen LogP contribution in [0.4, 0.5) is 0 Å². The zero-order valence-electron chi connectivity index (χ0n) is 13.8. The van der Waals surface area contributed by atoms with Crippen LogP contribution in [0.3, 0.4) is 0 Å². The van der Waals surface area contributed by atoms with Crippen LogP contribution in [0.5, 0.6) is 23.0 Å². The molecule has 0 unspecified atom stereocenters. The molecule has 3 aromatic rings. The van der Waals surface area contributed by atoms with Crippen LogP contribution >= 0.6 is 0 Å². The first-order chi connectivity index (χ1) is 13.5. The fraction of sp³-hybridized carbons (Fsp3) is 0. The van der Waals surface area contributed by atoms with Gasteiger partial charge in [0.1, 0.15) is 11.5 Å². The number of rotatable bonds is 2. The van der Waals surface area contributed by atoms with Crippen LogP contribution in [0.2, 0.25) is 0 Å². The first-order valence-electron chi connectivity index (χ1n) is 7.15. The van der Waals surface area contributed by atoms with Crippen molar-refractivity contribution in [3.8, 4) is 23.0 Å². The molecule has 16 heteroatoms. The summed E-state index contributed by atoms with van der Waals surface area (Å²) in [6.45, 7) is 0. The minimum atomic E-state index is -5.57. The average molecular weight is 462 g/mol. The fourth-order valence-electron chi connectivity index (χ4n) is 2.98. The molecule has 0 aliphatic heterocycles. The predicted octanol–water partition coefficient (Wildman–Crippen LogP) is -2.37. The van der Waals surface area contributed by atoms with Gasteiger partial charge in [0.15, 0.2) is 21.3 Å². The second-order valence-corrected chi connectivity index (χ2v) is 8.54. The number of hydrogen-bond donors (Lipinski definition) is 6. The molecule has 0 amide bonds. The van der Waals surface area contributed by atoms with E-state index in [2.05, 4.69) is 0 Å². The average Bonchev–Trinajstić information content (AvgIpc) is 2.56. The van der Waals surface area contributed by atoms with E-state index in [1.165, 1.54) is 0 Å². The van der Waals surface area contributed by atoms with E-state index in [4.69, 9.17) is 9.11 Å². The maximum Gasteiger partial charge on any atom is 0.302 e. The molecule has 14 nitrogen and oxygen atoms in total. The van der Waals surface area contributed by atoms with Crippen LogP contribution in [0.25, 0.3) is 21.5 Å². The van der Waals surface area contributed by atoms with Crippen LogP contribution < -0.4 is 21.7 Å². The lowest BCUT2D eigenvalue weighted by molar-refractivity contribution is 0.434. The Morgan fingerprint density at radius 2 is 0.700 bits per heavy atom. The molecule has 0 radical (unpaired) electrons. The highest BCUT2D eigenvalue weighted by Crippen LogP contribution is 2.46. The van der Waals surface area contributed by atoms with Gasteiger partial charge in [0.25, 0.3) is 10.9 Å². The Labute approximate surface area is 162 Å². The largest absolute Gasteiger partial charge is 0.506 e. The summed E-state index contributed by atoms with van der Waals surface area (Å²) in [4.78, 5) is 44.6. The predicted molar refractivity (Wildman–Crippen MR) is 95.2 cm³/mol. The molecular formula is C14H6O14S2. The SMILES string of the molecule is O=c1c(S(=O)(=O)O)c(O)c2c(O)c3c(=O)c(=O)c(S(=O)(=O)O)c(O)c3c(O)c2c1=O. The highest BCUT2D eigenvalue weighted by atomic mass is 32.2. The van der Waals surface area contributed by atoms with E-state index in [1.807, 2.05) is 0 Å². The molecule has 3 aromatic carbocycles. The molecule has 30 heavy (non-hydrogen) atoms. The van der Waals surface area contributed by atoms with Crippen molar-refractivity contribution in [3.63, 3.8) is 0 Å². The smallest absolute Gasteiger partial charge is 0.302 e. The molecule has 0 spiro atoms. The van der Waals surface area contributed by atoms with Gasteiger partial charge >= 0.3 is 20.2 Å².